The predicted octanol–water partition coefficient (Wildman–Crippen LogP) is 4.76. The molecule has 0 aliphatic rings. The number of nitrogens with one attached hydrogen (secondary N) is 2. The zero-order valence-corrected chi connectivity index (χ0v) is 17.6. The van der Waals surface area contributed by atoms with E-state index in [9.17, 15) is 18.8 Å². The van der Waals surface area contributed by atoms with E-state index < -0.39 is 5.25 Å². The summed E-state index contributed by atoms with van der Waals surface area (Å²) in [6, 6.07) is 21.1. The van der Waals surface area contributed by atoms with Crippen molar-refractivity contribution in [2.75, 3.05) is 16.4 Å². The van der Waals surface area contributed by atoms with Crippen molar-refractivity contribution >= 4 is 40.7 Å². The van der Waals surface area contributed by atoms with E-state index >= 15 is 0 Å². The Labute approximate surface area is 184 Å². The molecule has 1 atom stereocenters. The first-order valence-corrected chi connectivity index (χ1v) is 10.6. The third-order valence-corrected chi connectivity index (χ3v) is 5.53. The number of halogens is 1. The van der Waals surface area contributed by atoms with Crippen LogP contribution in [0.25, 0.3) is 0 Å². The van der Waals surface area contributed by atoms with Gasteiger partial charge in [0.15, 0.2) is 5.78 Å². The molecule has 0 aromatic heterocycles. The highest BCUT2D eigenvalue weighted by Crippen LogP contribution is 2.18. The number of ketones is 1. The van der Waals surface area contributed by atoms with Gasteiger partial charge in [0.1, 0.15) is 5.82 Å². The second kappa shape index (κ2) is 10.5. The summed E-state index contributed by atoms with van der Waals surface area (Å²) in [6.45, 7) is 1.70. The zero-order chi connectivity index (χ0) is 22.2. The molecule has 0 aliphatic carbocycles. The molecule has 0 bridgehead atoms. The second-order valence-corrected chi connectivity index (χ2v) is 8.10. The van der Waals surface area contributed by atoms with Gasteiger partial charge in [0.2, 0.25) is 11.8 Å². The molecule has 0 radical (unpaired) electrons. The molecule has 3 rings (SSSR count). The Kier molecular flexibility index (Phi) is 7.56. The lowest BCUT2D eigenvalue weighted by molar-refractivity contribution is -0.115. The fraction of sp³-hybridized carbons (Fsp3) is 0.125. The van der Waals surface area contributed by atoms with E-state index in [-0.39, 0.29) is 29.2 Å². The van der Waals surface area contributed by atoms with Gasteiger partial charge in [-0.2, -0.15) is 0 Å². The number of benzene rings is 3. The number of thioether (sulfide) groups is 1. The zero-order valence-electron chi connectivity index (χ0n) is 16.8. The van der Waals surface area contributed by atoms with Crippen LogP contribution in [0, 0.1) is 5.82 Å². The Morgan fingerprint density at radius 2 is 1.52 bits per heavy atom. The molecular formula is C24H21FN2O3S. The minimum atomic E-state index is -0.493. The number of hydrogen-bond donors (Lipinski definition) is 2. The van der Waals surface area contributed by atoms with Crippen LogP contribution in [0.2, 0.25) is 0 Å². The maximum Gasteiger partial charge on any atom is 0.237 e. The highest BCUT2D eigenvalue weighted by Gasteiger charge is 2.16. The van der Waals surface area contributed by atoms with E-state index in [1.54, 1.807) is 55.5 Å². The predicted molar refractivity (Wildman–Crippen MR) is 122 cm³/mol. The third kappa shape index (κ3) is 6.52. The van der Waals surface area contributed by atoms with Crippen molar-refractivity contribution in [3.63, 3.8) is 0 Å². The van der Waals surface area contributed by atoms with Crippen molar-refractivity contribution in [1.29, 1.82) is 0 Å². The molecule has 3 aromatic carbocycles. The fourth-order valence-electron chi connectivity index (χ4n) is 2.74. The normalized spacial score (nSPS) is 11.4. The molecule has 0 spiro atoms. The molecule has 0 saturated carbocycles. The minimum absolute atomic E-state index is 0.0680. The smallest absolute Gasteiger partial charge is 0.237 e. The van der Waals surface area contributed by atoms with Crippen LogP contribution in [0.3, 0.4) is 0 Å². The lowest BCUT2D eigenvalue weighted by atomic mass is 10.0. The lowest BCUT2D eigenvalue weighted by Crippen LogP contribution is -2.25. The van der Waals surface area contributed by atoms with Crippen LogP contribution in [-0.4, -0.2) is 28.6 Å². The number of amides is 2. The van der Waals surface area contributed by atoms with Crippen LogP contribution in [0.5, 0.6) is 0 Å². The number of rotatable bonds is 8. The van der Waals surface area contributed by atoms with Crippen LogP contribution in [0.15, 0.2) is 78.9 Å². The van der Waals surface area contributed by atoms with Gasteiger partial charge < -0.3 is 10.6 Å². The summed E-state index contributed by atoms with van der Waals surface area (Å²) in [5.41, 5.74) is 2.05. The van der Waals surface area contributed by atoms with Crippen molar-refractivity contribution in [3.8, 4) is 0 Å². The Hall–Kier alpha value is -3.45. The van der Waals surface area contributed by atoms with Gasteiger partial charge in [-0.3, -0.25) is 14.4 Å². The monoisotopic (exact) mass is 436 g/mol. The number of anilines is 2. The van der Waals surface area contributed by atoms with Gasteiger partial charge in [-0.15, -0.1) is 11.8 Å². The molecule has 1 unspecified atom stereocenters. The van der Waals surface area contributed by atoms with Crippen molar-refractivity contribution in [1.82, 2.24) is 0 Å². The summed E-state index contributed by atoms with van der Waals surface area (Å²) in [7, 11) is 0. The number of carbonyl (C=O) groups excluding carboxylic acids is 3. The first kappa shape index (κ1) is 22.2. The Morgan fingerprint density at radius 1 is 0.839 bits per heavy atom. The average Bonchev–Trinajstić information content (AvgIpc) is 2.79. The highest BCUT2D eigenvalue weighted by molar-refractivity contribution is 8.01. The molecule has 7 heteroatoms. The highest BCUT2D eigenvalue weighted by atomic mass is 32.2. The average molecular weight is 437 g/mol. The van der Waals surface area contributed by atoms with Gasteiger partial charge >= 0.3 is 0 Å². The van der Waals surface area contributed by atoms with Crippen LogP contribution >= 0.6 is 11.8 Å². The molecule has 31 heavy (non-hydrogen) atoms. The molecule has 0 heterocycles. The molecular weight excluding hydrogens is 415 g/mol. The lowest BCUT2D eigenvalue weighted by Gasteiger charge is -2.13. The van der Waals surface area contributed by atoms with E-state index in [1.165, 1.54) is 36.0 Å². The molecule has 3 aromatic rings. The molecule has 158 valence electrons. The minimum Gasteiger partial charge on any atom is -0.325 e. The Morgan fingerprint density at radius 3 is 2.23 bits per heavy atom. The van der Waals surface area contributed by atoms with E-state index in [1.807, 2.05) is 6.07 Å². The summed E-state index contributed by atoms with van der Waals surface area (Å²) in [4.78, 5) is 37.1. The van der Waals surface area contributed by atoms with Crippen molar-refractivity contribution in [2.24, 2.45) is 0 Å². The fourth-order valence-corrected chi connectivity index (χ4v) is 3.43. The van der Waals surface area contributed by atoms with Gasteiger partial charge in [-0.25, -0.2) is 4.39 Å². The molecule has 0 saturated heterocycles. The summed E-state index contributed by atoms with van der Waals surface area (Å²) in [5.74, 6) is -1.00. The quantitative estimate of drug-likeness (QED) is 0.500. The SMILES string of the molecule is CC(SCC(=O)Nc1ccc(F)cc1)C(=O)Nc1cccc(C(=O)c2ccccc2)c1. The second-order valence-electron chi connectivity index (χ2n) is 6.77. The van der Waals surface area contributed by atoms with E-state index in [4.69, 9.17) is 0 Å². The molecule has 5 nitrogen and oxygen atoms in total. The maximum atomic E-state index is 12.9. The van der Waals surface area contributed by atoms with Gasteiger partial charge in [-0.1, -0.05) is 42.5 Å². The van der Waals surface area contributed by atoms with Gasteiger partial charge in [0.05, 0.1) is 11.0 Å². The van der Waals surface area contributed by atoms with E-state index in [2.05, 4.69) is 10.6 Å². The summed E-state index contributed by atoms with van der Waals surface area (Å²) in [6.07, 6.45) is 0. The standard InChI is InChI=1S/C24H21FN2O3S/c1-16(31-15-22(28)26-20-12-10-19(25)11-13-20)24(30)27-21-9-5-8-18(14-21)23(29)17-6-3-2-4-7-17/h2-14,16H,15H2,1H3,(H,26,28)(H,27,30). The largest absolute Gasteiger partial charge is 0.325 e. The van der Waals surface area contributed by atoms with Crippen molar-refractivity contribution in [2.45, 2.75) is 12.2 Å². The van der Waals surface area contributed by atoms with Crippen LogP contribution in [0.4, 0.5) is 15.8 Å². The van der Waals surface area contributed by atoms with Gasteiger partial charge in [-0.05, 0) is 43.3 Å². The van der Waals surface area contributed by atoms with Gasteiger partial charge in [0, 0.05) is 22.5 Å². The Bertz CT molecular complexity index is 1070. The van der Waals surface area contributed by atoms with Crippen LogP contribution < -0.4 is 10.6 Å². The van der Waals surface area contributed by atoms with Crippen LogP contribution in [-0.2, 0) is 9.59 Å². The first-order valence-electron chi connectivity index (χ1n) is 9.60. The molecule has 2 N–H and O–H groups in total. The first-order chi connectivity index (χ1) is 14.9. The number of carbonyl (C=O) groups is 3. The molecule has 0 aliphatic heterocycles. The molecule has 2 amide bonds. The summed E-state index contributed by atoms with van der Waals surface area (Å²) in [5, 5.41) is 4.94. The summed E-state index contributed by atoms with van der Waals surface area (Å²) < 4.78 is 12.9. The van der Waals surface area contributed by atoms with Crippen molar-refractivity contribution < 1.29 is 18.8 Å². The number of hydrogen-bond acceptors (Lipinski definition) is 4. The topological polar surface area (TPSA) is 75.3 Å². The van der Waals surface area contributed by atoms with E-state index in [0.717, 1.165) is 0 Å². The summed E-state index contributed by atoms with van der Waals surface area (Å²) >= 11 is 1.18. The van der Waals surface area contributed by atoms with Crippen molar-refractivity contribution in [3.05, 3.63) is 95.8 Å². The van der Waals surface area contributed by atoms with Crippen LogP contribution in [0.1, 0.15) is 22.8 Å². The third-order valence-electron chi connectivity index (χ3n) is 4.39. The van der Waals surface area contributed by atoms with E-state index in [0.29, 0.717) is 22.5 Å². The Balaban J connectivity index is 1.53. The van der Waals surface area contributed by atoms with Gasteiger partial charge in [0.25, 0.3) is 0 Å². The maximum absolute atomic E-state index is 12.9. The molecule has 0 fully saturated rings.